The number of carbonyl (C=O) groups is 1. The Balaban J connectivity index is 1.15. The second kappa shape index (κ2) is 39.3. The largest absolute Gasteiger partial charge is 0.387 e. The van der Waals surface area contributed by atoms with Gasteiger partial charge in [0.1, 0.15) is 5.84 Å². The van der Waals surface area contributed by atoms with Crippen molar-refractivity contribution in [3.63, 3.8) is 0 Å². The number of amidine groups is 1. The fourth-order valence-corrected chi connectivity index (χ4v) is 6.54. The fraction of sp³-hybridized carbons (Fsp3) is 0.617. The molecular weight excluding hydrogens is 903 g/mol. The van der Waals surface area contributed by atoms with E-state index in [2.05, 4.69) is 38.5 Å². The van der Waals surface area contributed by atoms with Gasteiger partial charge in [-0.2, -0.15) is 5.26 Å². The van der Waals surface area contributed by atoms with Crippen molar-refractivity contribution in [2.45, 2.75) is 32.5 Å². The molecule has 68 heavy (non-hydrogen) atoms. The van der Waals surface area contributed by atoms with Gasteiger partial charge in [-0.25, -0.2) is 4.99 Å². The summed E-state index contributed by atoms with van der Waals surface area (Å²) in [5.41, 5.74) is 8.71. The van der Waals surface area contributed by atoms with Crippen LogP contribution in [0.15, 0.2) is 51.3 Å². The summed E-state index contributed by atoms with van der Waals surface area (Å²) < 4.78 is 54.8. The smallest absolute Gasteiger partial charge is 0.251 e. The number of anilines is 1. The number of amides is 1. The first kappa shape index (κ1) is 57.8. The minimum atomic E-state index is -1.34. The van der Waals surface area contributed by atoms with Crippen molar-refractivity contribution in [3.05, 3.63) is 51.7 Å². The van der Waals surface area contributed by atoms with Crippen molar-refractivity contribution in [1.82, 2.24) is 10.2 Å². The summed E-state index contributed by atoms with van der Waals surface area (Å²) in [6.07, 6.45) is 1.78. The topological polar surface area (TPSA) is 252 Å². The number of nitrogens with two attached hydrogens (primary N) is 1. The molecule has 2 heterocycles. The van der Waals surface area contributed by atoms with Crippen LogP contribution < -0.4 is 16.4 Å². The molecule has 1 aliphatic heterocycles. The number of hydrogen-bond acceptors (Lipinski definition) is 18. The monoisotopic (exact) mass is 973 g/mol. The molecule has 2 aromatic rings. The lowest BCUT2D eigenvalue weighted by Gasteiger charge is -2.21. The summed E-state index contributed by atoms with van der Waals surface area (Å²) in [6.45, 7) is 12.1. The number of fused-ring (bicyclic) bond motifs is 1. The van der Waals surface area contributed by atoms with Crippen LogP contribution in [0.2, 0.25) is 0 Å². The third-order valence-electron chi connectivity index (χ3n) is 9.04. The van der Waals surface area contributed by atoms with Gasteiger partial charge in [0.15, 0.2) is 12.2 Å². The number of nitriles is 1. The van der Waals surface area contributed by atoms with E-state index in [-0.39, 0.29) is 38.4 Å². The van der Waals surface area contributed by atoms with Crippen LogP contribution in [-0.4, -0.2) is 197 Å². The standard InChI is InChI=1S/C47H71N7O13S/c1-2-12-54(46(57)40-36-43-42(9-34-68-43)53-44(49)37-40)13-4-3-10-50-47(52-41-7-5-6-39(35-41)38-48)51-11-15-59-17-19-61-21-23-63-25-27-65-29-31-67-33-32-66-30-28-64-26-24-62-22-20-60-18-16-58-14-8-45(55)56/h5-7,9,34-36,45,55-56H,2,8,10-33,37H2,1H3,(H2,49,53)(H2,50,51,52). The molecule has 1 amide bonds. The zero-order chi connectivity index (χ0) is 48.5. The van der Waals surface area contributed by atoms with Gasteiger partial charge in [-0.05, 0) is 42.1 Å². The number of rotatable bonds is 39. The van der Waals surface area contributed by atoms with E-state index in [1.54, 1.807) is 23.1 Å². The molecule has 3 rings (SSSR count). The van der Waals surface area contributed by atoms with Crippen molar-refractivity contribution < 1.29 is 62.4 Å². The van der Waals surface area contributed by atoms with E-state index < -0.39 is 6.29 Å². The highest BCUT2D eigenvalue weighted by molar-refractivity contribution is 7.11. The lowest BCUT2D eigenvalue weighted by Crippen LogP contribution is -2.34. The predicted octanol–water partition coefficient (Wildman–Crippen LogP) is 2.56. The van der Waals surface area contributed by atoms with Gasteiger partial charge in [0.05, 0.1) is 174 Å². The Hall–Kier alpha value is -4.56. The third kappa shape index (κ3) is 28.7. The van der Waals surface area contributed by atoms with E-state index in [9.17, 15) is 10.1 Å². The molecule has 0 atom stereocenters. The molecule has 0 saturated heterocycles. The quantitative estimate of drug-likeness (QED) is 0.0212. The van der Waals surface area contributed by atoms with Gasteiger partial charge in [-0.1, -0.05) is 24.8 Å². The molecule has 1 aliphatic rings. The minimum Gasteiger partial charge on any atom is -0.387 e. The highest BCUT2D eigenvalue weighted by Gasteiger charge is 2.21. The molecule has 0 bridgehead atoms. The summed E-state index contributed by atoms with van der Waals surface area (Å²) in [7, 11) is 0. The van der Waals surface area contributed by atoms with E-state index in [1.165, 1.54) is 11.3 Å². The number of nitrogens with zero attached hydrogens (tertiary/aromatic N) is 4. The van der Waals surface area contributed by atoms with Crippen LogP contribution >= 0.6 is 11.3 Å². The maximum atomic E-state index is 13.5. The molecule has 378 valence electrons. The number of aliphatic hydroxyl groups is 2. The van der Waals surface area contributed by atoms with Crippen LogP contribution in [0.1, 0.15) is 36.6 Å². The Morgan fingerprint density at radius 3 is 1.84 bits per heavy atom. The summed E-state index contributed by atoms with van der Waals surface area (Å²) >= 11 is 1.52. The molecule has 0 spiro atoms. The number of benzene rings is 1. The Kier molecular flexibility index (Phi) is 33.4. The lowest BCUT2D eigenvalue weighted by atomic mass is 10.1. The number of carbonyl (C=O) groups excluding carboxylic acids is 1. The molecule has 21 heteroatoms. The molecule has 0 radical (unpaired) electrons. The average Bonchev–Trinajstić information content (AvgIpc) is 3.70. The van der Waals surface area contributed by atoms with Crippen LogP contribution in [-0.2, 0) is 52.2 Å². The predicted molar refractivity (Wildman–Crippen MR) is 259 cm³/mol. The number of hydrogen-bond donors (Lipinski definition) is 5. The number of guanidine groups is 1. The average molecular weight is 974 g/mol. The first-order valence-electron chi connectivity index (χ1n) is 22.9. The highest BCUT2D eigenvalue weighted by Crippen LogP contribution is 2.31. The normalized spacial score (nSPS) is 12.4. The molecular formula is C47H71N7O13S. The lowest BCUT2D eigenvalue weighted by molar-refractivity contribution is -0.126. The van der Waals surface area contributed by atoms with Gasteiger partial charge in [-0.3, -0.25) is 9.79 Å². The Morgan fingerprint density at radius 2 is 1.32 bits per heavy atom. The number of ether oxygens (including phenoxy) is 10. The number of nitrogens with one attached hydrogen (secondary N) is 2. The van der Waals surface area contributed by atoms with Gasteiger partial charge < -0.3 is 78.8 Å². The molecule has 0 saturated carbocycles. The molecule has 0 fully saturated rings. The summed E-state index contributed by atoms with van der Waals surface area (Å²) in [5, 5.41) is 35.2. The van der Waals surface area contributed by atoms with E-state index in [0.29, 0.717) is 167 Å². The van der Waals surface area contributed by atoms with Gasteiger partial charge in [0, 0.05) is 30.6 Å². The number of aliphatic imine (C=N–C) groups is 2. The number of thiophene rings is 1. The fourth-order valence-electron chi connectivity index (χ4n) is 5.75. The van der Waals surface area contributed by atoms with Crippen LogP contribution in [0.4, 0.5) is 11.4 Å². The summed E-state index contributed by atoms with van der Waals surface area (Å²) in [4.78, 5) is 25.2. The molecule has 20 nitrogen and oxygen atoms in total. The van der Waals surface area contributed by atoms with Crippen LogP contribution in [0.25, 0.3) is 6.08 Å². The van der Waals surface area contributed by atoms with Crippen molar-refractivity contribution >= 4 is 46.5 Å². The van der Waals surface area contributed by atoms with E-state index >= 15 is 0 Å². The summed E-state index contributed by atoms with van der Waals surface area (Å²) in [6, 6.07) is 11.1. The maximum absolute atomic E-state index is 13.5. The molecule has 0 aliphatic carbocycles. The Morgan fingerprint density at radius 1 is 0.794 bits per heavy atom. The first-order valence-corrected chi connectivity index (χ1v) is 23.8. The SMILES string of the molecule is CCCN(CC#CCNC(=NCCOCCOCCOCCOCCOCCOCCOCCOCCOCCOCCC(O)O)Nc1cccc(C#N)c1)C(=O)C1=Cc2sccc2N=C(N)C1. The Bertz CT molecular complexity index is 1850. The first-order chi connectivity index (χ1) is 33.4. The molecule has 1 aromatic carbocycles. The molecule has 1 aromatic heterocycles. The molecule has 6 N–H and O–H groups in total. The van der Waals surface area contributed by atoms with Crippen molar-refractivity contribution in [3.8, 4) is 17.9 Å². The van der Waals surface area contributed by atoms with Crippen molar-refractivity contribution in [1.29, 1.82) is 5.26 Å². The van der Waals surface area contributed by atoms with E-state index in [1.807, 2.05) is 30.5 Å². The van der Waals surface area contributed by atoms with E-state index in [4.69, 9.17) is 63.3 Å². The minimum absolute atomic E-state index is 0.105. The second-order valence-corrected chi connectivity index (χ2v) is 15.4. The second-order valence-electron chi connectivity index (χ2n) is 14.5. The zero-order valence-corrected chi connectivity index (χ0v) is 40.2. The van der Waals surface area contributed by atoms with E-state index in [0.717, 1.165) is 17.0 Å². The van der Waals surface area contributed by atoms with Crippen LogP contribution in [0.5, 0.6) is 0 Å². The highest BCUT2D eigenvalue weighted by atomic mass is 32.1. The van der Waals surface area contributed by atoms with Gasteiger partial charge in [0.25, 0.3) is 5.91 Å². The maximum Gasteiger partial charge on any atom is 0.251 e. The molecule has 0 unspecified atom stereocenters. The van der Waals surface area contributed by atoms with Gasteiger partial charge >= 0.3 is 0 Å². The number of aliphatic hydroxyl groups excluding tert-OH is 1. The van der Waals surface area contributed by atoms with Gasteiger partial charge in [-0.15, -0.1) is 11.3 Å². The zero-order valence-electron chi connectivity index (χ0n) is 39.4. The third-order valence-corrected chi connectivity index (χ3v) is 9.89. The van der Waals surface area contributed by atoms with Gasteiger partial charge in [0.2, 0.25) is 0 Å². The van der Waals surface area contributed by atoms with Crippen LogP contribution in [0, 0.1) is 23.2 Å². The van der Waals surface area contributed by atoms with Crippen molar-refractivity contribution in [2.24, 2.45) is 15.7 Å². The Labute approximate surface area is 404 Å². The summed E-state index contributed by atoms with van der Waals surface area (Å²) in [5.74, 6) is 6.99. The van der Waals surface area contributed by atoms with Crippen LogP contribution in [0.3, 0.4) is 0 Å². The van der Waals surface area contributed by atoms with Crippen molar-refractivity contribution in [2.75, 3.05) is 164 Å².